The summed E-state index contributed by atoms with van der Waals surface area (Å²) in [5, 5.41) is 3.82. The highest BCUT2D eigenvalue weighted by Crippen LogP contribution is 2.45. The Morgan fingerprint density at radius 3 is 2.85 bits per heavy atom. The van der Waals surface area contributed by atoms with E-state index in [1.165, 1.54) is 17.0 Å². The molecule has 2 heterocycles. The minimum absolute atomic E-state index is 0.194. The molecule has 1 amide bonds. The molecular weight excluding hydrogens is 351 g/mol. The molecule has 0 saturated carbocycles. The molecule has 0 N–H and O–H groups in total. The lowest BCUT2D eigenvalue weighted by Crippen LogP contribution is -2.67. The average molecular weight is 368 g/mol. The number of likely N-dealkylation sites (tertiary alicyclic amines) is 1. The minimum Gasteiger partial charge on any atom is -0.483 e. The van der Waals surface area contributed by atoms with E-state index in [0.717, 1.165) is 5.56 Å². The largest absolute Gasteiger partial charge is 0.483 e. The van der Waals surface area contributed by atoms with E-state index in [2.05, 4.69) is 10.0 Å². The van der Waals surface area contributed by atoms with Gasteiger partial charge in [0.1, 0.15) is 23.8 Å². The fraction of sp³-hybridized carbons (Fsp3) is 0.316. The SMILES string of the molecule is [N-]=[N+]=NC1CC2(CN(C(=O)OCc3ccccc3)C2)Oc2cc(F)ccc21. The van der Waals surface area contributed by atoms with Crippen LogP contribution >= 0.6 is 0 Å². The number of hydrogen-bond acceptors (Lipinski definition) is 4. The molecule has 1 unspecified atom stereocenters. The first kappa shape index (κ1) is 17.2. The molecule has 2 aliphatic rings. The smallest absolute Gasteiger partial charge is 0.410 e. The van der Waals surface area contributed by atoms with Gasteiger partial charge in [-0.2, -0.15) is 0 Å². The number of hydrogen-bond donors (Lipinski definition) is 0. The Morgan fingerprint density at radius 1 is 1.33 bits per heavy atom. The van der Waals surface area contributed by atoms with Crippen LogP contribution in [0.2, 0.25) is 0 Å². The Morgan fingerprint density at radius 2 is 2.11 bits per heavy atom. The molecule has 1 atom stereocenters. The molecule has 4 rings (SSSR count). The second-order valence-corrected chi connectivity index (χ2v) is 6.79. The van der Waals surface area contributed by atoms with Gasteiger partial charge in [0.05, 0.1) is 19.1 Å². The summed E-state index contributed by atoms with van der Waals surface area (Å²) >= 11 is 0. The zero-order valence-electron chi connectivity index (χ0n) is 14.4. The van der Waals surface area contributed by atoms with Crippen molar-refractivity contribution in [3.05, 3.63) is 75.9 Å². The Labute approximate surface area is 154 Å². The number of ether oxygens (including phenoxy) is 2. The van der Waals surface area contributed by atoms with Crippen molar-refractivity contribution in [3.63, 3.8) is 0 Å². The van der Waals surface area contributed by atoms with Gasteiger partial charge in [0.25, 0.3) is 0 Å². The third kappa shape index (κ3) is 3.39. The van der Waals surface area contributed by atoms with Gasteiger partial charge < -0.3 is 14.4 Å². The number of nitrogens with zero attached hydrogens (tertiary/aromatic N) is 4. The monoisotopic (exact) mass is 368 g/mol. The van der Waals surface area contributed by atoms with E-state index in [4.69, 9.17) is 15.0 Å². The molecule has 7 nitrogen and oxygen atoms in total. The van der Waals surface area contributed by atoms with E-state index in [0.29, 0.717) is 30.8 Å². The van der Waals surface area contributed by atoms with Crippen molar-refractivity contribution < 1.29 is 18.7 Å². The molecule has 2 aliphatic heterocycles. The molecule has 1 spiro atoms. The van der Waals surface area contributed by atoms with Crippen molar-refractivity contribution in [2.75, 3.05) is 13.1 Å². The third-order valence-corrected chi connectivity index (χ3v) is 4.84. The summed E-state index contributed by atoms with van der Waals surface area (Å²) in [5.41, 5.74) is 9.71. The normalized spacial score (nSPS) is 19.3. The molecule has 8 heteroatoms. The molecule has 1 fully saturated rings. The van der Waals surface area contributed by atoms with E-state index < -0.39 is 23.6 Å². The Hall–Kier alpha value is -3.25. The Kier molecular flexibility index (Phi) is 4.33. The van der Waals surface area contributed by atoms with E-state index in [1.54, 1.807) is 6.07 Å². The van der Waals surface area contributed by atoms with Crippen LogP contribution in [0.15, 0.2) is 53.6 Å². The maximum atomic E-state index is 13.6. The van der Waals surface area contributed by atoms with Crippen molar-refractivity contribution in [2.24, 2.45) is 5.11 Å². The number of azide groups is 1. The number of fused-ring (bicyclic) bond motifs is 1. The summed E-state index contributed by atoms with van der Waals surface area (Å²) < 4.78 is 24.9. The predicted molar refractivity (Wildman–Crippen MR) is 94.5 cm³/mol. The van der Waals surface area contributed by atoms with Crippen LogP contribution in [0, 0.1) is 5.82 Å². The number of amides is 1. The number of rotatable bonds is 3. The lowest BCUT2D eigenvalue weighted by atomic mass is 9.82. The fourth-order valence-electron chi connectivity index (χ4n) is 3.56. The molecule has 0 aliphatic carbocycles. The topological polar surface area (TPSA) is 87.5 Å². The second kappa shape index (κ2) is 6.81. The summed E-state index contributed by atoms with van der Waals surface area (Å²) in [6, 6.07) is 13.1. The molecule has 1 saturated heterocycles. The van der Waals surface area contributed by atoms with E-state index in [9.17, 15) is 9.18 Å². The minimum atomic E-state index is -0.689. The highest BCUT2D eigenvalue weighted by atomic mass is 19.1. The molecular formula is C19H17FN4O3. The molecule has 138 valence electrons. The van der Waals surface area contributed by atoms with Crippen molar-refractivity contribution in [2.45, 2.75) is 24.7 Å². The summed E-state index contributed by atoms with van der Waals surface area (Å²) in [7, 11) is 0. The van der Waals surface area contributed by atoms with Gasteiger partial charge in [-0.3, -0.25) is 0 Å². The first-order valence-corrected chi connectivity index (χ1v) is 8.57. The van der Waals surface area contributed by atoms with E-state index in [-0.39, 0.29) is 6.61 Å². The lowest BCUT2D eigenvalue weighted by Gasteiger charge is -2.52. The first-order chi connectivity index (χ1) is 13.1. The second-order valence-electron chi connectivity index (χ2n) is 6.79. The summed E-state index contributed by atoms with van der Waals surface area (Å²) in [4.78, 5) is 16.7. The fourth-order valence-corrected chi connectivity index (χ4v) is 3.56. The van der Waals surface area contributed by atoms with Crippen LogP contribution in [-0.4, -0.2) is 29.7 Å². The quantitative estimate of drug-likeness (QED) is 0.458. The lowest BCUT2D eigenvalue weighted by molar-refractivity contribution is -0.0872. The van der Waals surface area contributed by atoms with Crippen LogP contribution < -0.4 is 4.74 Å². The van der Waals surface area contributed by atoms with Gasteiger partial charge in [-0.25, -0.2) is 9.18 Å². The standard InChI is InChI=1S/C19H17FN4O3/c20-14-6-7-15-16(22-23-21)9-19(27-17(15)8-14)11-24(12-19)18(25)26-10-13-4-2-1-3-5-13/h1-8,16H,9-12H2. The summed E-state index contributed by atoms with van der Waals surface area (Å²) in [6.45, 7) is 0.793. The van der Waals surface area contributed by atoms with Crippen LogP contribution in [0.1, 0.15) is 23.6 Å². The molecule has 0 radical (unpaired) electrons. The van der Waals surface area contributed by atoms with Crippen molar-refractivity contribution in [3.8, 4) is 5.75 Å². The third-order valence-electron chi connectivity index (χ3n) is 4.84. The van der Waals surface area contributed by atoms with Crippen molar-refractivity contribution in [1.82, 2.24) is 4.90 Å². The molecule has 0 bridgehead atoms. The first-order valence-electron chi connectivity index (χ1n) is 8.57. The molecule has 2 aromatic carbocycles. The van der Waals surface area contributed by atoms with Crippen LogP contribution in [0.25, 0.3) is 10.4 Å². The Balaban J connectivity index is 1.42. The van der Waals surface area contributed by atoms with Crippen LogP contribution in [-0.2, 0) is 11.3 Å². The van der Waals surface area contributed by atoms with Gasteiger partial charge in [-0.15, -0.1) is 0 Å². The highest BCUT2D eigenvalue weighted by molar-refractivity contribution is 5.69. The predicted octanol–water partition coefficient (Wildman–Crippen LogP) is 4.35. The zero-order chi connectivity index (χ0) is 18.9. The molecule has 2 aromatic rings. The van der Waals surface area contributed by atoms with Gasteiger partial charge in [0.2, 0.25) is 0 Å². The maximum absolute atomic E-state index is 13.6. The Bertz CT molecular complexity index is 908. The average Bonchev–Trinajstić information content (AvgIpc) is 2.64. The number of halogens is 1. The van der Waals surface area contributed by atoms with Gasteiger partial charge in [-0.1, -0.05) is 41.5 Å². The summed E-state index contributed by atoms with van der Waals surface area (Å²) in [5.74, 6) is -0.0695. The van der Waals surface area contributed by atoms with E-state index in [1.807, 2.05) is 30.3 Å². The summed E-state index contributed by atoms with van der Waals surface area (Å²) in [6.07, 6.45) is -0.00326. The van der Waals surface area contributed by atoms with Gasteiger partial charge in [0, 0.05) is 23.0 Å². The number of carbonyl (C=O) groups is 1. The number of benzene rings is 2. The van der Waals surface area contributed by atoms with Gasteiger partial charge >= 0.3 is 6.09 Å². The molecule has 27 heavy (non-hydrogen) atoms. The van der Waals surface area contributed by atoms with Gasteiger partial charge in [-0.05, 0) is 17.2 Å². The van der Waals surface area contributed by atoms with Crippen LogP contribution in [0.5, 0.6) is 5.75 Å². The maximum Gasteiger partial charge on any atom is 0.410 e. The number of carbonyl (C=O) groups excluding carboxylic acids is 1. The van der Waals surface area contributed by atoms with Gasteiger partial charge in [0.15, 0.2) is 0 Å². The molecule has 0 aromatic heterocycles. The highest BCUT2D eigenvalue weighted by Gasteiger charge is 2.52. The van der Waals surface area contributed by atoms with Crippen LogP contribution in [0.4, 0.5) is 9.18 Å². The van der Waals surface area contributed by atoms with E-state index >= 15 is 0 Å². The zero-order valence-corrected chi connectivity index (χ0v) is 14.4. The van der Waals surface area contributed by atoms with Crippen molar-refractivity contribution >= 4 is 6.09 Å². The van der Waals surface area contributed by atoms with Crippen molar-refractivity contribution in [1.29, 1.82) is 0 Å². The van der Waals surface area contributed by atoms with Crippen LogP contribution in [0.3, 0.4) is 0 Å².